The maximum absolute atomic E-state index is 13.6. The average Bonchev–Trinajstić information content (AvgIpc) is 2.43. The Morgan fingerprint density at radius 1 is 1.45 bits per heavy atom. The summed E-state index contributed by atoms with van der Waals surface area (Å²) in [6.07, 6.45) is 0. The van der Waals surface area contributed by atoms with Crippen molar-refractivity contribution in [3.8, 4) is 0 Å². The Morgan fingerprint density at radius 3 is 2.85 bits per heavy atom. The van der Waals surface area contributed by atoms with Gasteiger partial charge in [0.2, 0.25) is 5.91 Å². The van der Waals surface area contributed by atoms with E-state index in [2.05, 4.69) is 5.32 Å². The third kappa shape index (κ3) is 4.16. The van der Waals surface area contributed by atoms with Crippen molar-refractivity contribution in [2.24, 2.45) is 0 Å². The fourth-order valence-electron chi connectivity index (χ4n) is 2.26. The van der Waals surface area contributed by atoms with Gasteiger partial charge in [0.1, 0.15) is 5.82 Å². The average molecular weight is 300 g/mol. The molecule has 1 heterocycles. The molecule has 20 heavy (non-hydrogen) atoms. The molecule has 1 aliphatic rings. The molecule has 1 fully saturated rings. The van der Waals surface area contributed by atoms with E-state index in [0.29, 0.717) is 17.1 Å². The highest BCUT2D eigenvalue weighted by Crippen LogP contribution is 2.16. The molecule has 0 bridgehead atoms. The van der Waals surface area contributed by atoms with Crippen molar-refractivity contribution in [1.82, 2.24) is 15.1 Å². The molecule has 0 aromatic heterocycles. The summed E-state index contributed by atoms with van der Waals surface area (Å²) in [6.45, 7) is 3.78. The van der Waals surface area contributed by atoms with E-state index >= 15 is 0 Å². The number of benzene rings is 1. The molecule has 1 aromatic carbocycles. The molecule has 1 amide bonds. The van der Waals surface area contributed by atoms with E-state index in [-0.39, 0.29) is 18.3 Å². The van der Waals surface area contributed by atoms with Gasteiger partial charge in [0, 0.05) is 43.3 Å². The number of hydrogen-bond donors (Lipinski definition) is 1. The monoisotopic (exact) mass is 299 g/mol. The zero-order chi connectivity index (χ0) is 14.5. The number of hydrogen-bond acceptors (Lipinski definition) is 3. The number of piperazine rings is 1. The van der Waals surface area contributed by atoms with Gasteiger partial charge in [-0.3, -0.25) is 9.69 Å². The number of amides is 1. The molecule has 0 unspecified atom stereocenters. The zero-order valence-electron chi connectivity index (χ0n) is 11.5. The first-order valence-electron chi connectivity index (χ1n) is 6.67. The van der Waals surface area contributed by atoms with Crippen LogP contribution in [0, 0.1) is 5.82 Å². The fourth-order valence-corrected chi connectivity index (χ4v) is 2.45. The lowest BCUT2D eigenvalue weighted by Gasteiger charge is -2.29. The lowest BCUT2D eigenvalue weighted by molar-refractivity contribution is -0.132. The number of carbonyl (C=O) groups is 1. The maximum Gasteiger partial charge on any atom is 0.236 e. The molecule has 0 atom stereocenters. The highest BCUT2D eigenvalue weighted by Gasteiger charge is 2.18. The van der Waals surface area contributed by atoms with Crippen molar-refractivity contribution in [3.05, 3.63) is 34.6 Å². The Balaban J connectivity index is 1.89. The van der Waals surface area contributed by atoms with Crippen LogP contribution in [0.3, 0.4) is 0 Å². The predicted octanol–water partition coefficient (Wildman–Crippen LogP) is 1.34. The molecular formula is C14H19ClFN3O. The molecule has 0 saturated carbocycles. The van der Waals surface area contributed by atoms with Crippen molar-refractivity contribution >= 4 is 17.5 Å². The van der Waals surface area contributed by atoms with E-state index < -0.39 is 0 Å². The molecule has 0 aliphatic carbocycles. The number of nitrogens with one attached hydrogen (secondary N) is 1. The summed E-state index contributed by atoms with van der Waals surface area (Å²) in [7, 11) is 1.81. The van der Waals surface area contributed by atoms with Gasteiger partial charge in [-0.05, 0) is 25.2 Å². The van der Waals surface area contributed by atoms with E-state index in [9.17, 15) is 9.18 Å². The summed E-state index contributed by atoms with van der Waals surface area (Å²) in [4.78, 5) is 15.7. The molecule has 1 saturated heterocycles. The number of carbonyl (C=O) groups excluding carboxylic acids is 1. The standard InChI is InChI=1S/C14H19ClFN3O/c1-18(9-11-8-12(15)2-3-13(11)16)10-14(20)19-6-4-17-5-7-19/h2-3,8,17H,4-7,9-10H2,1H3. The first-order valence-corrected chi connectivity index (χ1v) is 7.05. The SMILES string of the molecule is CN(CC(=O)N1CCNCC1)Cc1cc(Cl)ccc1F. The lowest BCUT2D eigenvalue weighted by Crippen LogP contribution is -2.49. The summed E-state index contributed by atoms with van der Waals surface area (Å²) in [5.74, 6) is -0.215. The van der Waals surface area contributed by atoms with Crippen LogP contribution in [0.15, 0.2) is 18.2 Å². The summed E-state index contributed by atoms with van der Waals surface area (Å²) in [6, 6.07) is 4.47. The number of nitrogens with zero attached hydrogens (tertiary/aromatic N) is 2. The fraction of sp³-hybridized carbons (Fsp3) is 0.500. The summed E-state index contributed by atoms with van der Waals surface area (Å²) >= 11 is 5.86. The first-order chi connectivity index (χ1) is 9.56. The second kappa shape index (κ2) is 7.02. The van der Waals surface area contributed by atoms with E-state index in [4.69, 9.17) is 11.6 Å². The molecular weight excluding hydrogens is 281 g/mol. The molecule has 0 radical (unpaired) electrons. The molecule has 110 valence electrons. The topological polar surface area (TPSA) is 35.6 Å². The normalized spacial score (nSPS) is 15.7. The quantitative estimate of drug-likeness (QED) is 0.911. The van der Waals surface area contributed by atoms with Crippen molar-refractivity contribution in [2.45, 2.75) is 6.54 Å². The Morgan fingerprint density at radius 2 is 2.15 bits per heavy atom. The Labute approximate surface area is 123 Å². The van der Waals surface area contributed by atoms with Crippen LogP contribution < -0.4 is 5.32 Å². The minimum Gasteiger partial charge on any atom is -0.339 e. The highest BCUT2D eigenvalue weighted by atomic mass is 35.5. The van der Waals surface area contributed by atoms with Gasteiger partial charge in [0.05, 0.1) is 6.54 Å². The van der Waals surface area contributed by atoms with Crippen molar-refractivity contribution in [1.29, 1.82) is 0 Å². The van der Waals surface area contributed by atoms with Gasteiger partial charge in [0.15, 0.2) is 0 Å². The number of rotatable bonds is 4. The van der Waals surface area contributed by atoms with Crippen molar-refractivity contribution < 1.29 is 9.18 Å². The van der Waals surface area contributed by atoms with Crippen LogP contribution in [0.1, 0.15) is 5.56 Å². The minimum atomic E-state index is -0.295. The van der Waals surface area contributed by atoms with Crippen LogP contribution in [-0.4, -0.2) is 55.5 Å². The van der Waals surface area contributed by atoms with Gasteiger partial charge in [-0.25, -0.2) is 4.39 Å². The van der Waals surface area contributed by atoms with Crippen LogP contribution in [0.2, 0.25) is 5.02 Å². The van der Waals surface area contributed by atoms with E-state index in [1.165, 1.54) is 12.1 Å². The molecule has 6 heteroatoms. The Hall–Kier alpha value is -1.17. The van der Waals surface area contributed by atoms with Crippen molar-refractivity contribution in [2.75, 3.05) is 39.8 Å². The molecule has 4 nitrogen and oxygen atoms in total. The largest absolute Gasteiger partial charge is 0.339 e. The van der Waals surface area contributed by atoms with E-state index in [0.717, 1.165) is 26.2 Å². The van der Waals surface area contributed by atoms with E-state index in [1.54, 1.807) is 18.0 Å². The van der Waals surface area contributed by atoms with E-state index in [1.807, 2.05) is 4.90 Å². The van der Waals surface area contributed by atoms with Crippen LogP contribution in [-0.2, 0) is 11.3 Å². The molecule has 0 spiro atoms. The Bertz CT molecular complexity index is 477. The van der Waals surface area contributed by atoms with Gasteiger partial charge >= 0.3 is 0 Å². The van der Waals surface area contributed by atoms with Crippen molar-refractivity contribution in [3.63, 3.8) is 0 Å². The van der Waals surface area contributed by atoms with Gasteiger partial charge in [-0.2, -0.15) is 0 Å². The zero-order valence-corrected chi connectivity index (χ0v) is 12.3. The third-order valence-corrected chi connectivity index (χ3v) is 3.56. The van der Waals surface area contributed by atoms with Crippen LogP contribution in [0.25, 0.3) is 0 Å². The first kappa shape index (κ1) is 15.2. The van der Waals surface area contributed by atoms with Gasteiger partial charge in [-0.15, -0.1) is 0 Å². The minimum absolute atomic E-state index is 0.0800. The molecule has 1 aromatic rings. The van der Waals surface area contributed by atoms with Gasteiger partial charge in [-0.1, -0.05) is 11.6 Å². The second-order valence-electron chi connectivity index (χ2n) is 5.04. The second-order valence-corrected chi connectivity index (χ2v) is 5.48. The summed E-state index contributed by atoms with van der Waals surface area (Å²) in [5.41, 5.74) is 0.508. The molecule has 1 aliphatic heterocycles. The van der Waals surface area contributed by atoms with Crippen LogP contribution in [0.4, 0.5) is 4.39 Å². The van der Waals surface area contributed by atoms with Crippen LogP contribution in [0.5, 0.6) is 0 Å². The lowest BCUT2D eigenvalue weighted by atomic mass is 10.2. The summed E-state index contributed by atoms with van der Waals surface area (Å²) in [5, 5.41) is 3.71. The predicted molar refractivity (Wildman–Crippen MR) is 77.2 cm³/mol. The van der Waals surface area contributed by atoms with Gasteiger partial charge < -0.3 is 10.2 Å². The van der Waals surface area contributed by atoms with Gasteiger partial charge in [0.25, 0.3) is 0 Å². The number of halogens is 2. The smallest absolute Gasteiger partial charge is 0.236 e. The Kier molecular flexibility index (Phi) is 5.34. The highest BCUT2D eigenvalue weighted by molar-refractivity contribution is 6.30. The third-order valence-electron chi connectivity index (χ3n) is 3.32. The molecule has 2 rings (SSSR count). The maximum atomic E-state index is 13.6. The van der Waals surface area contributed by atoms with Crippen LogP contribution >= 0.6 is 11.6 Å². The summed E-state index contributed by atoms with van der Waals surface area (Å²) < 4.78 is 13.6. The number of likely N-dealkylation sites (N-methyl/N-ethyl adjacent to an activating group) is 1. The molecule has 1 N–H and O–H groups in total.